The third kappa shape index (κ3) is 43.5. The maximum atomic E-state index is 12.1. The molecule has 0 aliphatic rings. The van der Waals surface area contributed by atoms with Crippen LogP contribution in [0.4, 0.5) is 0 Å². The summed E-state index contributed by atoms with van der Waals surface area (Å²) in [5.74, 6) is -0.523. The first-order valence-corrected chi connectivity index (χ1v) is 24.3. The van der Waals surface area contributed by atoms with Gasteiger partial charge < -0.3 is 20.1 Å². The van der Waals surface area contributed by atoms with Crippen LogP contribution in [-0.2, 0) is 27.9 Å². The van der Waals surface area contributed by atoms with E-state index in [9.17, 15) is 24.2 Å². The van der Waals surface area contributed by atoms with Crippen molar-refractivity contribution in [3.05, 3.63) is 24.3 Å². The largest absolute Gasteiger partial charge is 0.472 e. The quantitative estimate of drug-likeness (QED) is 0.0240. The normalized spacial score (nSPS) is 13.5. The Hall–Kier alpha value is -1.51. The molecule has 0 heterocycles. The molecular formula is C45H86NO8P. The van der Waals surface area contributed by atoms with Gasteiger partial charge in [0.15, 0.2) is 0 Å². The van der Waals surface area contributed by atoms with E-state index in [4.69, 9.17) is 13.8 Å². The lowest BCUT2D eigenvalue weighted by atomic mass is 10.0. The summed E-state index contributed by atoms with van der Waals surface area (Å²) in [5, 5.41) is 12.7. The molecule has 0 radical (unpaired) electrons. The molecule has 2 unspecified atom stereocenters. The highest BCUT2D eigenvalue weighted by Gasteiger charge is 2.23. The molecule has 3 N–H and O–H groups in total. The Bertz CT molecular complexity index is 959. The van der Waals surface area contributed by atoms with Crippen LogP contribution in [0.5, 0.6) is 0 Å². The molecule has 0 aromatic rings. The Labute approximate surface area is 338 Å². The molecule has 0 aliphatic carbocycles. The number of aliphatic hydroxyl groups excluding tert-OH is 1. The second-order valence-corrected chi connectivity index (χ2v) is 16.8. The van der Waals surface area contributed by atoms with E-state index in [-0.39, 0.29) is 32.1 Å². The first-order valence-electron chi connectivity index (χ1n) is 22.8. The van der Waals surface area contributed by atoms with E-state index in [1.807, 2.05) is 0 Å². The molecule has 0 saturated heterocycles. The first-order chi connectivity index (χ1) is 26.8. The molecule has 55 heavy (non-hydrogen) atoms. The average molecular weight is 800 g/mol. The van der Waals surface area contributed by atoms with Crippen LogP contribution in [0.25, 0.3) is 0 Å². The molecule has 0 aromatic heterocycles. The number of carbonyl (C=O) groups is 2. The van der Waals surface area contributed by atoms with E-state index in [2.05, 4.69) is 43.5 Å². The van der Waals surface area contributed by atoms with E-state index in [0.29, 0.717) is 6.42 Å². The topological polar surface area (TPSA) is 131 Å². The lowest BCUT2D eigenvalue weighted by molar-refractivity contribution is -0.147. The van der Waals surface area contributed by atoms with Gasteiger partial charge in [0, 0.05) is 19.4 Å². The predicted molar refractivity (Wildman–Crippen MR) is 229 cm³/mol. The first kappa shape index (κ1) is 53.5. The third-order valence-corrected chi connectivity index (χ3v) is 10.9. The maximum absolute atomic E-state index is 12.1. The van der Waals surface area contributed by atoms with E-state index in [1.165, 1.54) is 128 Å². The highest BCUT2D eigenvalue weighted by Crippen LogP contribution is 2.42. The fourth-order valence-electron chi connectivity index (χ4n) is 6.41. The van der Waals surface area contributed by atoms with Gasteiger partial charge in [-0.1, -0.05) is 186 Å². The van der Waals surface area contributed by atoms with Crippen LogP contribution in [0.15, 0.2) is 24.3 Å². The summed E-state index contributed by atoms with van der Waals surface area (Å²) in [6.07, 6.45) is 45.4. The number of hydrogen-bond acceptors (Lipinski definition) is 7. The fraction of sp³-hybridized carbons (Fsp3) is 0.867. The smallest absolute Gasteiger partial charge is 0.463 e. The van der Waals surface area contributed by atoms with Gasteiger partial charge in [0.2, 0.25) is 5.91 Å². The molecule has 0 saturated carbocycles. The minimum absolute atomic E-state index is 0.0835. The van der Waals surface area contributed by atoms with Crippen molar-refractivity contribution in [2.24, 2.45) is 0 Å². The van der Waals surface area contributed by atoms with Gasteiger partial charge in [-0.15, -0.1) is 0 Å². The highest BCUT2D eigenvalue weighted by atomic mass is 31.2. The van der Waals surface area contributed by atoms with E-state index < -0.39 is 26.5 Å². The molecule has 10 heteroatoms. The van der Waals surface area contributed by atoms with Crippen molar-refractivity contribution in [2.45, 2.75) is 225 Å². The summed E-state index contributed by atoms with van der Waals surface area (Å²) in [6, 6.07) is 0. The zero-order valence-corrected chi connectivity index (χ0v) is 36.5. The van der Waals surface area contributed by atoms with Crippen LogP contribution in [-0.4, -0.2) is 54.3 Å². The Morgan fingerprint density at radius 1 is 0.564 bits per heavy atom. The number of unbranched alkanes of at least 4 members (excludes halogenated alkanes) is 26. The Balaban J connectivity index is 3.57. The lowest BCUT2D eigenvalue weighted by Crippen LogP contribution is -2.27. The monoisotopic (exact) mass is 800 g/mol. The SMILES string of the molecule is CCCCC/C=C\C/C=C\CCCCCCCC(=O)OCC(O)COP(=O)(O)OCCNC(=O)CCCCCCCCCCCCCCCCCCCCC. The van der Waals surface area contributed by atoms with E-state index in [0.717, 1.165) is 64.2 Å². The van der Waals surface area contributed by atoms with Gasteiger partial charge in [-0.05, 0) is 44.9 Å². The number of amides is 1. The zero-order valence-electron chi connectivity index (χ0n) is 35.6. The number of phosphoric ester groups is 1. The van der Waals surface area contributed by atoms with Crippen LogP contribution < -0.4 is 5.32 Å². The Morgan fingerprint density at radius 3 is 1.49 bits per heavy atom. The Morgan fingerprint density at radius 2 is 0.982 bits per heavy atom. The number of esters is 1. The number of carbonyl (C=O) groups excluding carboxylic acids is 2. The number of phosphoric acid groups is 1. The summed E-state index contributed by atoms with van der Waals surface area (Å²) in [5.41, 5.74) is 0. The summed E-state index contributed by atoms with van der Waals surface area (Å²) in [4.78, 5) is 33.9. The number of rotatable bonds is 43. The molecule has 324 valence electrons. The number of ether oxygens (including phenoxy) is 1. The molecule has 0 rings (SSSR count). The fourth-order valence-corrected chi connectivity index (χ4v) is 7.17. The Kier molecular flexibility index (Phi) is 40.9. The molecule has 0 fully saturated rings. The van der Waals surface area contributed by atoms with E-state index >= 15 is 0 Å². The molecule has 0 aromatic carbocycles. The van der Waals surface area contributed by atoms with Crippen molar-refractivity contribution in [3.63, 3.8) is 0 Å². The van der Waals surface area contributed by atoms with Crippen LogP contribution in [0.3, 0.4) is 0 Å². The zero-order chi connectivity index (χ0) is 40.3. The van der Waals surface area contributed by atoms with Crippen molar-refractivity contribution in [1.29, 1.82) is 0 Å². The van der Waals surface area contributed by atoms with E-state index in [1.54, 1.807) is 0 Å². The van der Waals surface area contributed by atoms with Crippen molar-refractivity contribution in [2.75, 3.05) is 26.4 Å². The second kappa shape index (κ2) is 42.1. The summed E-state index contributed by atoms with van der Waals surface area (Å²) < 4.78 is 26.9. The molecule has 0 bridgehead atoms. The van der Waals surface area contributed by atoms with Gasteiger partial charge >= 0.3 is 13.8 Å². The highest BCUT2D eigenvalue weighted by molar-refractivity contribution is 7.47. The van der Waals surface area contributed by atoms with Crippen molar-refractivity contribution in [3.8, 4) is 0 Å². The molecule has 0 spiro atoms. The molecular weight excluding hydrogens is 713 g/mol. The number of hydrogen-bond donors (Lipinski definition) is 3. The standard InChI is InChI=1S/C45H86NO8P/c1-3-5-7-9-11-13-15-17-19-20-21-22-24-25-27-29-31-33-35-37-44(48)46-39-40-53-55(50,51)54-42-43(47)41-52-45(49)38-36-34-32-30-28-26-23-18-16-14-12-10-8-6-4-2/h12,14,18,23,43,47H,3-11,13,15-17,19-22,24-42H2,1-2H3,(H,46,48)(H,50,51)/b14-12-,23-18-. The minimum atomic E-state index is -4.42. The van der Waals surface area contributed by atoms with Gasteiger partial charge in [-0.3, -0.25) is 18.6 Å². The molecule has 2 atom stereocenters. The van der Waals surface area contributed by atoms with Gasteiger partial charge in [-0.25, -0.2) is 4.57 Å². The second-order valence-electron chi connectivity index (χ2n) is 15.4. The van der Waals surface area contributed by atoms with Gasteiger partial charge in [0.1, 0.15) is 12.7 Å². The van der Waals surface area contributed by atoms with Crippen LogP contribution in [0, 0.1) is 0 Å². The van der Waals surface area contributed by atoms with Gasteiger partial charge in [0.25, 0.3) is 0 Å². The third-order valence-electron chi connectivity index (χ3n) is 9.88. The number of allylic oxidation sites excluding steroid dienone is 4. The van der Waals surface area contributed by atoms with Gasteiger partial charge in [-0.2, -0.15) is 0 Å². The number of aliphatic hydroxyl groups is 1. The molecule has 0 aliphatic heterocycles. The van der Waals surface area contributed by atoms with Crippen molar-refractivity contribution >= 4 is 19.7 Å². The van der Waals surface area contributed by atoms with Crippen LogP contribution in [0.2, 0.25) is 0 Å². The average Bonchev–Trinajstić information content (AvgIpc) is 3.17. The van der Waals surface area contributed by atoms with Crippen molar-refractivity contribution < 1.29 is 37.9 Å². The maximum Gasteiger partial charge on any atom is 0.472 e. The summed E-state index contributed by atoms with van der Waals surface area (Å²) in [7, 11) is -4.42. The molecule has 9 nitrogen and oxygen atoms in total. The lowest BCUT2D eigenvalue weighted by Gasteiger charge is -2.15. The summed E-state index contributed by atoms with van der Waals surface area (Å²) in [6.45, 7) is 3.54. The van der Waals surface area contributed by atoms with Crippen LogP contribution in [0.1, 0.15) is 219 Å². The van der Waals surface area contributed by atoms with Gasteiger partial charge in [0.05, 0.1) is 13.2 Å². The predicted octanol–water partition coefficient (Wildman–Crippen LogP) is 12.8. The number of nitrogens with one attached hydrogen (secondary N) is 1. The minimum Gasteiger partial charge on any atom is -0.463 e. The van der Waals surface area contributed by atoms with Crippen molar-refractivity contribution in [1.82, 2.24) is 5.32 Å². The summed E-state index contributed by atoms with van der Waals surface area (Å²) >= 11 is 0. The van der Waals surface area contributed by atoms with Crippen LogP contribution >= 0.6 is 7.82 Å². The molecule has 1 amide bonds.